The van der Waals surface area contributed by atoms with Crippen LogP contribution in [0, 0.1) is 0 Å². The van der Waals surface area contributed by atoms with Crippen LogP contribution in [0.3, 0.4) is 0 Å². The summed E-state index contributed by atoms with van der Waals surface area (Å²) in [6.45, 7) is -0.0838. The summed E-state index contributed by atoms with van der Waals surface area (Å²) in [6.07, 6.45) is 5.71. The smallest absolute Gasteiger partial charge is 0.287 e. The molecule has 0 aliphatic carbocycles. The highest BCUT2D eigenvalue weighted by Gasteiger charge is 2.36. The topological polar surface area (TPSA) is 88.8 Å². The number of nitrogens with one attached hydrogen (secondary N) is 1. The Bertz CT molecular complexity index is 648. The molecule has 6 heteroatoms. The predicted molar refractivity (Wildman–Crippen MR) is 71.5 cm³/mol. The first-order valence-electron chi connectivity index (χ1n) is 6.31. The predicted octanol–water partition coefficient (Wildman–Crippen LogP) is 2.13. The zero-order chi connectivity index (χ0) is 14.7. The maximum atomic E-state index is 11.9. The van der Waals surface area contributed by atoms with E-state index in [4.69, 9.17) is 13.3 Å². The van der Waals surface area contributed by atoms with E-state index < -0.39 is 11.5 Å². The van der Waals surface area contributed by atoms with Gasteiger partial charge in [-0.15, -0.1) is 0 Å². The van der Waals surface area contributed by atoms with E-state index in [1.165, 1.54) is 25.1 Å². The zero-order valence-corrected chi connectivity index (χ0v) is 11.0. The van der Waals surface area contributed by atoms with Crippen LogP contribution in [-0.2, 0) is 5.60 Å². The maximum Gasteiger partial charge on any atom is 0.287 e. The second kappa shape index (κ2) is 5.34. The molecule has 0 unspecified atom stereocenters. The number of aliphatic hydroxyl groups is 1. The van der Waals surface area contributed by atoms with Gasteiger partial charge in [0.1, 0.15) is 5.76 Å². The lowest BCUT2D eigenvalue weighted by Crippen LogP contribution is -2.41. The van der Waals surface area contributed by atoms with Crippen molar-refractivity contribution in [2.24, 2.45) is 0 Å². The number of carbonyl (C=O) groups is 1. The van der Waals surface area contributed by atoms with E-state index >= 15 is 0 Å². The minimum absolute atomic E-state index is 0.0838. The van der Waals surface area contributed by atoms with Gasteiger partial charge in [-0.1, -0.05) is 0 Å². The molecule has 0 aliphatic heterocycles. The van der Waals surface area contributed by atoms with Crippen LogP contribution >= 0.6 is 0 Å². The minimum atomic E-state index is -1.52. The first kappa shape index (κ1) is 13.3. The molecule has 0 bridgehead atoms. The van der Waals surface area contributed by atoms with Crippen LogP contribution in [0.4, 0.5) is 0 Å². The largest absolute Gasteiger partial charge is 0.472 e. The van der Waals surface area contributed by atoms with Crippen LogP contribution in [0.5, 0.6) is 0 Å². The van der Waals surface area contributed by atoms with Crippen molar-refractivity contribution in [3.63, 3.8) is 0 Å². The second-order valence-corrected chi connectivity index (χ2v) is 4.51. The van der Waals surface area contributed by atoms with Gasteiger partial charge in [-0.2, -0.15) is 0 Å². The van der Waals surface area contributed by atoms with Crippen molar-refractivity contribution in [3.05, 3.63) is 72.5 Å². The SMILES string of the molecule is O=C(NC[C@](O)(c1ccoc1)c1ccco1)c1ccco1. The highest BCUT2D eigenvalue weighted by atomic mass is 16.4. The van der Waals surface area contributed by atoms with Crippen molar-refractivity contribution in [1.29, 1.82) is 0 Å². The van der Waals surface area contributed by atoms with Crippen LogP contribution in [0.15, 0.2) is 68.6 Å². The summed E-state index contributed by atoms with van der Waals surface area (Å²) < 4.78 is 15.3. The average Bonchev–Trinajstić information content (AvgIpc) is 3.27. The summed E-state index contributed by atoms with van der Waals surface area (Å²) in [6, 6.07) is 8.06. The lowest BCUT2D eigenvalue weighted by atomic mass is 9.93. The molecule has 0 aliphatic rings. The second-order valence-electron chi connectivity index (χ2n) is 4.51. The van der Waals surface area contributed by atoms with Crippen LogP contribution in [-0.4, -0.2) is 17.6 Å². The maximum absolute atomic E-state index is 11.9. The Hall–Kier alpha value is -2.73. The summed E-state index contributed by atoms with van der Waals surface area (Å²) >= 11 is 0. The van der Waals surface area contributed by atoms with Gasteiger partial charge in [0.2, 0.25) is 0 Å². The first-order chi connectivity index (χ1) is 10.2. The number of furan rings is 3. The third-order valence-electron chi connectivity index (χ3n) is 3.18. The van der Waals surface area contributed by atoms with Gasteiger partial charge in [0.25, 0.3) is 5.91 Å². The van der Waals surface area contributed by atoms with E-state index in [1.807, 2.05) is 0 Å². The van der Waals surface area contributed by atoms with Gasteiger partial charge in [0.05, 0.1) is 31.6 Å². The van der Waals surface area contributed by atoms with Crippen molar-refractivity contribution in [1.82, 2.24) is 5.32 Å². The van der Waals surface area contributed by atoms with Crippen molar-refractivity contribution < 1.29 is 23.2 Å². The van der Waals surface area contributed by atoms with Gasteiger partial charge in [0, 0.05) is 5.56 Å². The van der Waals surface area contributed by atoms with Crippen LogP contribution in [0.2, 0.25) is 0 Å². The fraction of sp³-hybridized carbons (Fsp3) is 0.133. The van der Waals surface area contributed by atoms with Crippen LogP contribution in [0.25, 0.3) is 0 Å². The number of hydrogen-bond acceptors (Lipinski definition) is 5. The quantitative estimate of drug-likeness (QED) is 0.750. The molecule has 3 aromatic heterocycles. The molecule has 0 aromatic carbocycles. The van der Waals surface area contributed by atoms with Gasteiger partial charge in [0.15, 0.2) is 11.4 Å². The number of hydrogen-bond donors (Lipinski definition) is 2. The fourth-order valence-corrected chi connectivity index (χ4v) is 2.05. The lowest BCUT2D eigenvalue weighted by Gasteiger charge is -2.24. The van der Waals surface area contributed by atoms with Gasteiger partial charge < -0.3 is 23.7 Å². The Labute approximate surface area is 120 Å². The molecule has 21 heavy (non-hydrogen) atoms. The zero-order valence-electron chi connectivity index (χ0n) is 11.0. The number of rotatable bonds is 5. The molecule has 0 spiro atoms. The molecule has 0 radical (unpaired) electrons. The molecule has 0 saturated heterocycles. The third kappa shape index (κ3) is 2.48. The Morgan fingerprint density at radius 3 is 2.57 bits per heavy atom. The summed E-state index contributed by atoms with van der Waals surface area (Å²) in [5.41, 5.74) is -1.03. The normalized spacial score (nSPS) is 13.8. The van der Waals surface area contributed by atoms with Gasteiger partial charge in [-0.05, 0) is 30.3 Å². The Kier molecular flexibility index (Phi) is 3.37. The molecule has 1 amide bonds. The Morgan fingerprint density at radius 2 is 1.95 bits per heavy atom. The van der Waals surface area contributed by atoms with Crippen LogP contribution in [0.1, 0.15) is 21.9 Å². The fourth-order valence-electron chi connectivity index (χ4n) is 2.05. The molecule has 3 aromatic rings. The highest BCUT2D eigenvalue weighted by Crippen LogP contribution is 2.29. The average molecular weight is 287 g/mol. The third-order valence-corrected chi connectivity index (χ3v) is 3.18. The molecule has 3 heterocycles. The summed E-state index contributed by atoms with van der Waals surface area (Å²) in [7, 11) is 0. The molecular formula is C15H13NO5. The van der Waals surface area contributed by atoms with E-state index in [0.717, 1.165) is 0 Å². The monoisotopic (exact) mass is 287 g/mol. The molecule has 1 atom stereocenters. The Morgan fingerprint density at radius 1 is 1.14 bits per heavy atom. The van der Waals surface area contributed by atoms with Gasteiger partial charge in [-0.3, -0.25) is 4.79 Å². The molecule has 0 fully saturated rings. The van der Waals surface area contributed by atoms with Crippen molar-refractivity contribution in [2.45, 2.75) is 5.60 Å². The van der Waals surface area contributed by atoms with Crippen LogP contribution < -0.4 is 5.32 Å². The van der Waals surface area contributed by atoms with Crippen molar-refractivity contribution >= 4 is 5.91 Å². The summed E-state index contributed by atoms with van der Waals surface area (Å²) in [5.74, 6) is 0.0566. The van der Waals surface area contributed by atoms with Crippen molar-refractivity contribution in [2.75, 3.05) is 6.54 Å². The number of carbonyl (C=O) groups excluding carboxylic acids is 1. The van der Waals surface area contributed by atoms with E-state index in [0.29, 0.717) is 11.3 Å². The molecule has 0 saturated carbocycles. The lowest BCUT2D eigenvalue weighted by molar-refractivity contribution is 0.0513. The van der Waals surface area contributed by atoms with Gasteiger partial charge in [-0.25, -0.2) is 0 Å². The minimum Gasteiger partial charge on any atom is -0.472 e. The summed E-state index contributed by atoms with van der Waals surface area (Å²) in [4.78, 5) is 11.9. The molecule has 3 rings (SSSR count). The van der Waals surface area contributed by atoms with E-state index in [9.17, 15) is 9.90 Å². The molecule has 108 valence electrons. The van der Waals surface area contributed by atoms with E-state index in [1.54, 1.807) is 30.3 Å². The molecular weight excluding hydrogens is 274 g/mol. The first-order valence-corrected chi connectivity index (χ1v) is 6.31. The Balaban J connectivity index is 1.83. The highest BCUT2D eigenvalue weighted by molar-refractivity contribution is 5.91. The van der Waals surface area contributed by atoms with Crippen molar-refractivity contribution in [3.8, 4) is 0 Å². The summed E-state index contributed by atoms with van der Waals surface area (Å²) in [5, 5.41) is 13.5. The standard InChI is InChI=1S/C15H13NO5/c17-14(12-3-1-6-20-12)16-10-15(18,11-5-8-19-9-11)13-4-2-7-21-13/h1-9,18H,10H2,(H,16,17)/t15-/m0/s1. The number of amides is 1. The van der Waals surface area contributed by atoms with E-state index in [-0.39, 0.29) is 12.3 Å². The molecule has 2 N–H and O–H groups in total. The van der Waals surface area contributed by atoms with E-state index in [2.05, 4.69) is 5.32 Å². The van der Waals surface area contributed by atoms with Gasteiger partial charge >= 0.3 is 0 Å². The molecule has 6 nitrogen and oxygen atoms in total.